The van der Waals surface area contributed by atoms with Crippen molar-refractivity contribution in [3.63, 3.8) is 0 Å². The van der Waals surface area contributed by atoms with Crippen molar-refractivity contribution in [2.45, 2.75) is 38.5 Å². The standard InChI is InChI=1S/C18H28O2/c19-4-3-9-5-10-6-13(9)18-14(10)7-15-11-1-2-12(17(15)18)16(11)8-20/h9-20H,1-8H2/p+1. The first-order valence-corrected chi connectivity index (χ1v) is 9.09. The molecule has 0 aromatic heterocycles. The molecule has 5 saturated carbocycles. The average Bonchev–Trinajstić information content (AvgIpc) is 3.20. The number of aliphatic hydroxyl groups is 1. The zero-order valence-corrected chi connectivity index (χ0v) is 12.4. The molecule has 5 aliphatic rings. The van der Waals surface area contributed by atoms with Crippen LogP contribution in [0.2, 0.25) is 0 Å². The van der Waals surface area contributed by atoms with E-state index in [1.165, 1.54) is 32.1 Å². The highest BCUT2D eigenvalue weighted by Crippen LogP contribution is 2.73. The molecule has 0 aliphatic heterocycles. The smallest absolute Gasteiger partial charge is 0.147 e. The van der Waals surface area contributed by atoms with Crippen LogP contribution in [0.5, 0.6) is 0 Å². The summed E-state index contributed by atoms with van der Waals surface area (Å²) >= 11 is 0. The molecule has 5 aliphatic carbocycles. The summed E-state index contributed by atoms with van der Waals surface area (Å²) < 4.78 is 0. The van der Waals surface area contributed by atoms with Gasteiger partial charge in [-0.15, -0.1) is 0 Å². The maximum atomic E-state index is 9.34. The fourth-order valence-electron chi connectivity index (χ4n) is 8.34. The summed E-state index contributed by atoms with van der Waals surface area (Å²) in [6.45, 7) is 1.11. The van der Waals surface area contributed by atoms with Gasteiger partial charge in [-0.25, -0.2) is 0 Å². The van der Waals surface area contributed by atoms with Crippen LogP contribution in [0.25, 0.3) is 0 Å². The third-order valence-corrected chi connectivity index (χ3v) is 8.58. The Balaban J connectivity index is 1.45. The zero-order valence-electron chi connectivity index (χ0n) is 12.4. The second-order valence-corrected chi connectivity index (χ2v) is 8.66. The highest BCUT2D eigenvalue weighted by atomic mass is 16.3. The summed E-state index contributed by atoms with van der Waals surface area (Å²) in [6, 6.07) is 0. The normalized spacial score (nSPS) is 62.1. The minimum absolute atomic E-state index is 0.404. The quantitative estimate of drug-likeness (QED) is 0.790. The van der Waals surface area contributed by atoms with Gasteiger partial charge in [-0.3, -0.25) is 0 Å². The van der Waals surface area contributed by atoms with E-state index in [1.807, 2.05) is 0 Å². The maximum absolute atomic E-state index is 9.34. The predicted molar refractivity (Wildman–Crippen MR) is 78.2 cm³/mol. The van der Waals surface area contributed by atoms with Crippen molar-refractivity contribution in [2.24, 2.45) is 59.2 Å². The van der Waals surface area contributed by atoms with E-state index in [4.69, 9.17) is 5.11 Å². The van der Waals surface area contributed by atoms with Gasteiger partial charge in [-0.1, -0.05) is 0 Å². The monoisotopic (exact) mass is 277 g/mol. The van der Waals surface area contributed by atoms with E-state index in [0.29, 0.717) is 13.2 Å². The van der Waals surface area contributed by atoms with Gasteiger partial charge in [0.15, 0.2) is 0 Å². The van der Waals surface area contributed by atoms with Crippen LogP contribution in [0.1, 0.15) is 38.5 Å². The van der Waals surface area contributed by atoms with E-state index in [9.17, 15) is 5.11 Å². The molecule has 2 nitrogen and oxygen atoms in total. The van der Waals surface area contributed by atoms with Crippen LogP contribution >= 0.6 is 0 Å². The molecule has 10 atom stereocenters. The van der Waals surface area contributed by atoms with Crippen molar-refractivity contribution in [2.75, 3.05) is 13.2 Å². The molecule has 3 N–H and O–H groups in total. The molecule has 0 amide bonds. The third kappa shape index (κ3) is 1.34. The van der Waals surface area contributed by atoms with Crippen LogP contribution in [-0.2, 0) is 0 Å². The summed E-state index contributed by atoms with van der Waals surface area (Å²) in [6.07, 6.45) is 8.41. The summed E-state index contributed by atoms with van der Waals surface area (Å²) in [7, 11) is 0. The predicted octanol–water partition coefficient (Wildman–Crippen LogP) is 2.27. The minimum Gasteiger partial charge on any atom is -0.445 e. The molecule has 20 heavy (non-hydrogen) atoms. The number of aliphatic hydroxyl groups excluding tert-OH is 1. The Morgan fingerprint density at radius 3 is 2.45 bits per heavy atom. The second kappa shape index (κ2) is 4.23. The maximum Gasteiger partial charge on any atom is 0.147 e. The minimum atomic E-state index is 0.404. The highest BCUT2D eigenvalue weighted by Gasteiger charge is 2.67. The lowest BCUT2D eigenvalue weighted by atomic mass is 9.68. The Bertz CT molecular complexity index is 408. The van der Waals surface area contributed by atoms with Gasteiger partial charge in [0.05, 0.1) is 0 Å². The molecule has 0 aromatic carbocycles. The molecule has 5 rings (SSSR count). The van der Waals surface area contributed by atoms with Crippen LogP contribution in [0.4, 0.5) is 0 Å². The van der Waals surface area contributed by atoms with E-state index in [-0.39, 0.29) is 0 Å². The van der Waals surface area contributed by atoms with Gasteiger partial charge in [0.25, 0.3) is 0 Å². The number of hydrogen-bond donors (Lipinski definition) is 1. The lowest BCUT2D eigenvalue weighted by Gasteiger charge is -2.37. The molecule has 0 saturated heterocycles. The SMILES string of the molecule is OCCC1CC2CC1C1C2CC2C3CCC(C3C[OH2+])C21. The van der Waals surface area contributed by atoms with Gasteiger partial charge in [-0.05, 0) is 91.8 Å². The van der Waals surface area contributed by atoms with E-state index in [0.717, 1.165) is 65.6 Å². The first-order valence-electron chi connectivity index (χ1n) is 9.09. The summed E-state index contributed by atoms with van der Waals surface area (Å²) in [4.78, 5) is 0. The van der Waals surface area contributed by atoms with Crippen molar-refractivity contribution < 1.29 is 10.2 Å². The van der Waals surface area contributed by atoms with Crippen molar-refractivity contribution in [1.29, 1.82) is 0 Å². The Morgan fingerprint density at radius 2 is 1.65 bits per heavy atom. The Morgan fingerprint density at radius 1 is 0.850 bits per heavy atom. The van der Waals surface area contributed by atoms with Gasteiger partial charge >= 0.3 is 0 Å². The summed E-state index contributed by atoms with van der Waals surface area (Å²) in [5.41, 5.74) is 0. The molecule has 0 spiro atoms. The lowest BCUT2D eigenvalue weighted by molar-refractivity contribution is 0.0898. The molecule has 2 heteroatoms. The molecule has 0 radical (unpaired) electrons. The molecule has 0 aromatic rings. The van der Waals surface area contributed by atoms with Gasteiger partial charge in [0.2, 0.25) is 0 Å². The first-order chi connectivity index (χ1) is 9.83. The van der Waals surface area contributed by atoms with E-state index >= 15 is 0 Å². The van der Waals surface area contributed by atoms with Crippen molar-refractivity contribution in [3.05, 3.63) is 0 Å². The molecule has 0 heterocycles. The van der Waals surface area contributed by atoms with Gasteiger partial charge in [0.1, 0.15) is 6.61 Å². The molecular formula is C18H29O2+. The van der Waals surface area contributed by atoms with Crippen LogP contribution in [-0.4, -0.2) is 23.4 Å². The molecule has 10 unspecified atom stereocenters. The fourth-order valence-corrected chi connectivity index (χ4v) is 8.34. The van der Waals surface area contributed by atoms with Crippen molar-refractivity contribution >= 4 is 0 Å². The second-order valence-electron chi connectivity index (χ2n) is 8.66. The van der Waals surface area contributed by atoms with Crippen molar-refractivity contribution in [1.82, 2.24) is 0 Å². The van der Waals surface area contributed by atoms with Gasteiger partial charge < -0.3 is 10.2 Å². The first kappa shape index (κ1) is 12.5. The van der Waals surface area contributed by atoms with Crippen LogP contribution in [0, 0.1) is 59.2 Å². The Hall–Kier alpha value is -0.0800. The van der Waals surface area contributed by atoms with Gasteiger partial charge in [-0.2, -0.15) is 0 Å². The highest BCUT2D eigenvalue weighted by molar-refractivity contribution is 5.15. The molecular weight excluding hydrogens is 248 g/mol. The fraction of sp³-hybridized carbons (Fsp3) is 1.00. The molecule has 5 fully saturated rings. The number of fused-ring (bicyclic) bond motifs is 11. The van der Waals surface area contributed by atoms with Crippen LogP contribution in [0.3, 0.4) is 0 Å². The summed E-state index contributed by atoms with van der Waals surface area (Å²) in [5, 5.41) is 17.3. The largest absolute Gasteiger partial charge is 0.445 e. The molecule has 4 bridgehead atoms. The zero-order chi connectivity index (χ0) is 13.4. The van der Waals surface area contributed by atoms with E-state index in [1.54, 1.807) is 0 Å². The van der Waals surface area contributed by atoms with Crippen LogP contribution in [0.15, 0.2) is 0 Å². The molecule has 112 valence electrons. The Labute approximate surface area is 122 Å². The van der Waals surface area contributed by atoms with Crippen LogP contribution < -0.4 is 0 Å². The Kier molecular flexibility index (Phi) is 2.63. The van der Waals surface area contributed by atoms with E-state index < -0.39 is 0 Å². The lowest BCUT2D eigenvalue weighted by Crippen LogP contribution is -2.32. The topological polar surface area (TPSA) is 43.1 Å². The average molecular weight is 277 g/mol. The van der Waals surface area contributed by atoms with Crippen molar-refractivity contribution in [3.8, 4) is 0 Å². The van der Waals surface area contributed by atoms with E-state index in [2.05, 4.69) is 0 Å². The number of rotatable bonds is 3. The summed E-state index contributed by atoms with van der Waals surface area (Å²) in [5.74, 6) is 9.52. The third-order valence-electron chi connectivity index (χ3n) is 8.58. The number of hydrogen-bond acceptors (Lipinski definition) is 1. The van der Waals surface area contributed by atoms with Gasteiger partial charge in [0, 0.05) is 12.5 Å².